The number of hydrogen-bond acceptors (Lipinski definition) is 6. The topological polar surface area (TPSA) is 77.9 Å². The van der Waals surface area contributed by atoms with Gasteiger partial charge >= 0.3 is 5.97 Å². The summed E-state index contributed by atoms with van der Waals surface area (Å²) in [7, 11) is 0. The van der Waals surface area contributed by atoms with Crippen LogP contribution in [0.25, 0.3) is 10.2 Å². The first-order chi connectivity index (χ1) is 16.9. The second-order valence-corrected chi connectivity index (χ2v) is 10.1. The number of ether oxygens (including phenoxy) is 3. The average molecular weight is 492 g/mol. The first kappa shape index (κ1) is 21.9. The highest BCUT2D eigenvalue weighted by atomic mass is 32.1. The minimum atomic E-state index is -0.857. The number of carboxylic acid groups (broad SMARTS) is 1. The van der Waals surface area contributed by atoms with Gasteiger partial charge in [0.05, 0.1) is 28.3 Å². The Hall–Kier alpha value is -3.65. The SMILES string of the molecule is Cc1nc2ccc(Oc3ccc(F)c4c3CCC4Oc3ccc4c(c3)OCC4CC(=O)O)cc2s1. The second-order valence-electron chi connectivity index (χ2n) is 8.85. The van der Waals surface area contributed by atoms with E-state index in [-0.39, 0.29) is 18.2 Å². The molecule has 0 radical (unpaired) electrons. The Bertz CT molecular complexity index is 1470. The van der Waals surface area contributed by atoms with Crippen molar-refractivity contribution in [3.8, 4) is 23.0 Å². The molecule has 2 aliphatic rings. The average Bonchev–Trinajstić information content (AvgIpc) is 3.52. The number of carbonyl (C=O) groups is 1. The summed E-state index contributed by atoms with van der Waals surface area (Å²) in [6.45, 7) is 2.30. The maximum atomic E-state index is 14.9. The van der Waals surface area contributed by atoms with Gasteiger partial charge < -0.3 is 19.3 Å². The first-order valence-electron chi connectivity index (χ1n) is 11.5. The Balaban J connectivity index is 1.24. The number of nitrogens with zero attached hydrogens (tertiary/aromatic N) is 1. The lowest BCUT2D eigenvalue weighted by Crippen LogP contribution is -2.07. The summed E-state index contributed by atoms with van der Waals surface area (Å²) in [6.07, 6.45) is 0.831. The van der Waals surface area contributed by atoms with Gasteiger partial charge in [0, 0.05) is 34.7 Å². The fourth-order valence-electron chi connectivity index (χ4n) is 4.94. The van der Waals surface area contributed by atoms with Gasteiger partial charge in [-0.25, -0.2) is 9.37 Å². The maximum absolute atomic E-state index is 14.9. The van der Waals surface area contributed by atoms with Crippen LogP contribution in [0, 0.1) is 12.7 Å². The van der Waals surface area contributed by atoms with Crippen molar-refractivity contribution in [2.75, 3.05) is 6.61 Å². The van der Waals surface area contributed by atoms with Crippen LogP contribution in [-0.4, -0.2) is 22.7 Å². The van der Waals surface area contributed by atoms with Crippen molar-refractivity contribution in [1.82, 2.24) is 4.98 Å². The quantitative estimate of drug-likeness (QED) is 0.329. The van der Waals surface area contributed by atoms with Crippen LogP contribution in [0.3, 0.4) is 0 Å². The van der Waals surface area contributed by atoms with E-state index < -0.39 is 12.1 Å². The summed E-state index contributed by atoms with van der Waals surface area (Å²) >= 11 is 1.61. The molecule has 2 unspecified atom stereocenters. The van der Waals surface area contributed by atoms with Crippen LogP contribution in [0.5, 0.6) is 23.0 Å². The number of halogens is 1. The zero-order chi connectivity index (χ0) is 24.1. The molecule has 0 saturated heterocycles. The van der Waals surface area contributed by atoms with Crippen molar-refractivity contribution >= 4 is 27.5 Å². The van der Waals surface area contributed by atoms with Crippen molar-refractivity contribution in [1.29, 1.82) is 0 Å². The summed E-state index contributed by atoms with van der Waals surface area (Å²) in [4.78, 5) is 15.6. The van der Waals surface area contributed by atoms with Gasteiger partial charge in [-0.3, -0.25) is 4.79 Å². The third-order valence-corrected chi connectivity index (χ3v) is 7.43. The molecule has 1 aromatic heterocycles. The lowest BCUT2D eigenvalue weighted by atomic mass is 9.98. The Kier molecular flexibility index (Phi) is 5.33. The van der Waals surface area contributed by atoms with E-state index >= 15 is 0 Å². The molecule has 2 atom stereocenters. The zero-order valence-electron chi connectivity index (χ0n) is 18.9. The van der Waals surface area contributed by atoms with Crippen LogP contribution in [0.2, 0.25) is 0 Å². The number of benzene rings is 3. The number of aryl methyl sites for hydroxylation is 1. The van der Waals surface area contributed by atoms with E-state index in [1.54, 1.807) is 29.5 Å². The van der Waals surface area contributed by atoms with E-state index in [9.17, 15) is 9.18 Å². The lowest BCUT2D eigenvalue weighted by molar-refractivity contribution is -0.137. The monoisotopic (exact) mass is 491 g/mol. The molecule has 0 spiro atoms. The normalized spacial score (nSPS) is 18.2. The van der Waals surface area contributed by atoms with Gasteiger partial charge in [0.25, 0.3) is 0 Å². The van der Waals surface area contributed by atoms with E-state index in [4.69, 9.17) is 19.3 Å². The number of fused-ring (bicyclic) bond motifs is 3. The van der Waals surface area contributed by atoms with Gasteiger partial charge in [0.1, 0.15) is 34.9 Å². The third-order valence-electron chi connectivity index (χ3n) is 6.50. The van der Waals surface area contributed by atoms with E-state index in [1.165, 1.54) is 6.07 Å². The number of hydrogen-bond donors (Lipinski definition) is 1. The van der Waals surface area contributed by atoms with Crippen LogP contribution in [-0.2, 0) is 11.2 Å². The highest BCUT2D eigenvalue weighted by Crippen LogP contribution is 2.44. The van der Waals surface area contributed by atoms with Gasteiger partial charge in [-0.1, -0.05) is 6.07 Å². The number of thiazole rings is 1. The molecule has 2 heterocycles. The summed E-state index contributed by atoms with van der Waals surface area (Å²) in [6, 6.07) is 14.3. The van der Waals surface area contributed by atoms with Crippen LogP contribution in [0.1, 0.15) is 46.6 Å². The Morgan fingerprint density at radius 1 is 1.20 bits per heavy atom. The third kappa shape index (κ3) is 4.08. The smallest absolute Gasteiger partial charge is 0.304 e. The first-order valence-corrected chi connectivity index (χ1v) is 12.3. The predicted molar refractivity (Wildman–Crippen MR) is 129 cm³/mol. The minimum absolute atomic E-state index is 0.0206. The van der Waals surface area contributed by atoms with Crippen LogP contribution < -0.4 is 14.2 Å². The molecule has 1 aliphatic heterocycles. The van der Waals surface area contributed by atoms with Crippen LogP contribution in [0.4, 0.5) is 4.39 Å². The Morgan fingerprint density at radius 2 is 2.06 bits per heavy atom. The zero-order valence-corrected chi connectivity index (χ0v) is 19.7. The standard InChI is InChI=1S/C27H22FNO5S/c1-14-29-21-7-3-17(12-25(21)35-14)33-22-9-6-20(28)27-19(22)5-8-23(27)34-16-2-4-18-15(10-26(30)31)13-32-24(18)11-16/h2-4,6-7,9,11-12,15,23H,5,8,10,13H2,1H3,(H,30,31). The number of carboxylic acids is 1. The second kappa shape index (κ2) is 8.53. The minimum Gasteiger partial charge on any atom is -0.492 e. The number of aliphatic carboxylic acids is 1. The molecule has 1 N–H and O–H groups in total. The molecule has 4 aromatic rings. The molecule has 6 nitrogen and oxygen atoms in total. The predicted octanol–water partition coefficient (Wildman–Crippen LogP) is 6.55. The van der Waals surface area contributed by atoms with E-state index in [2.05, 4.69) is 4.98 Å². The van der Waals surface area contributed by atoms with E-state index in [0.717, 1.165) is 26.4 Å². The summed E-state index contributed by atoms with van der Waals surface area (Å²) < 4.78 is 34.1. The Morgan fingerprint density at radius 3 is 2.91 bits per heavy atom. The highest BCUT2D eigenvalue weighted by molar-refractivity contribution is 7.18. The Labute approximate surface area is 204 Å². The molecule has 0 bridgehead atoms. The van der Waals surface area contributed by atoms with Gasteiger partial charge in [-0.15, -0.1) is 11.3 Å². The van der Waals surface area contributed by atoms with Gasteiger partial charge in [0.2, 0.25) is 0 Å². The van der Waals surface area contributed by atoms with Gasteiger partial charge in [0.15, 0.2) is 0 Å². The molecule has 1 aliphatic carbocycles. The van der Waals surface area contributed by atoms with Crippen LogP contribution in [0.15, 0.2) is 48.5 Å². The van der Waals surface area contributed by atoms with Crippen molar-refractivity contribution in [3.63, 3.8) is 0 Å². The maximum Gasteiger partial charge on any atom is 0.304 e. The molecule has 35 heavy (non-hydrogen) atoms. The number of aromatic nitrogens is 1. The highest BCUT2D eigenvalue weighted by Gasteiger charge is 2.32. The van der Waals surface area contributed by atoms with E-state index in [0.29, 0.717) is 48.0 Å². The largest absolute Gasteiger partial charge is 0.492 e. The molecule has 8 heteroatoms. The van der Waals surface area contributed by atoms with Crippen molar-refractivity contribution in [2.45, 2.75) is 38.2 Å². The molecule has 0 amide bonds. The summed E-state index contributed by atoms with van der Waals surface area (Å²) in [5, 5.41) is 10.1. The molecule has 3 aromatic carbocycles. The van der Waals surface area contributed by atoms with Crippen molar-refractivity contribution < 1.29 is 28.5 Å². The fraction of sp³-hybridized carbons (Fsp3) is 0.259. The molecule has 6 rings (SSSR count). The lowest BCUT2D eigenvalue weighted by Gasteiger charge is -2.17. The molecule has 0 fully saturated rings. The molecular weight excluding hydrogens is 469 g/mol. The van der Waals surface area contributed by atoms with Crippen molar-refractivity contribution in [2.24, 2.45) is 0 Å². The molecule has 0 saturated carbocycles. The summed E-state index contributed by atoms with van der Waals surface area (Å²) in [5.41, 5.74) is 3.13. The van der Waals surface area contributed by atoms with Gasteiger partial charge in [-0.05, 0) is 50.1 Å². The molecular formula is C27H22FNO5S. The number of rotatable bonds is 6. The van der Waals surface area contributed by atoms with Crippen LogP contribution >= 0.6 is 11.3 Å². The fourth-order valence-corrected chi connectivity index (χ4v) is 5.80. The van der Waals surface area contributed by atoms with Crippen molar-refractivity contribution in [3.05, 3.63) is 76.0 Å². The molecule has 178 valence electrons. The summed E-state index contributed by atoms with van der Waals surface area (Å²) in [5.74, 6) is 1.15. The van der Waals surface area contributed by atoms with E-state index in [1.807, 2.05) is 31.2 Å². The van der Waals surface area contributed by atoms with Gasteiger partial charge in [-0.2, -0.15) is 0 Å².